The molecule has 25 heteroatoms. The molecule has 1 saturated carbocycles. The van der Waals surface area contributed by atoms with Gasteiger partial charge in [-0.2, -0.15) is 13.5 Å². The smallest absolute Gasteiger partial charge is 0.355 e. The van der Waals surface area contributed by atoms with Crippen LogP contribution >= 0.6 is 42.4 Å². The number of carbonyl (C=O) groups is 5. The molecule has 1 unspecified atom stereocenters. The zero-order valence-electron chi connectivity index (χ0n) is 30.0. The Bertz CT molecular complexity index is 2220. The summed E-state index contributed by atoms with van der Waals surface area (Å²) in [6.07, 6.45) is 1.16. The highest BCUT2D eigenvalue weighted by Crippen LogP contribution is 2.32. The molecule has 17 nitrogen and oxygen atoms in total. The van der Waals surface area contributed by atoms with E-state index < -0.39 is 88.9 Å². The fraction of sp³-hybridized carbons (Fsp3) is 0.406. The third kappa shape index (κ3) is 14.4. The number of halogens is 6. The largest absolute Gasteiger partial charge is 0.480 e. The molecule has 1 aromatic heterocycles. The predicted molar refractivity (Wildman–Crippen MR) is 198 cm³/mol. The maximum Gasteiger partial charge on any atom is 0.355 e. The molecule has 314 valence electrons. The average molecular weight is 910 g/mol. The number of carboxylic acid groups (broad SMARTS) is 1. The highest BCUT2D eigenvalue weighted by molar-refractivity contribution is 7.90. The van der Waals surface area contributed by atoms with E-state index in [0.717, 1.165) is 24.5 Å². The molecular formula is C32H35Cl3F3N4O13PS. The monoisotopic (exact) mass is 908 g/mol. The van der Waals surface area contributed by atoms with Crippen LogP contribution < -0.4 is 11.0 Å². The lowest BCUT2D eigenvalue weighted by atomic mass is 9.82. The summed E-state index contributed by atoms with van der Waals surface area (Å²) in [5.41, 5.74) is -1.37. The number of nitrogens with one attached hydrogen (secondary N) is 1. The van der Waals surface area contributed by atoms with Crippen LogP contribution in [-0.2, 0) is 44.7 Å². The second-order valence-corrected chi connectivity index (χ2v) is 16.9. The van der Waals surface area contributed by atoms with Gasteiger partial charge in [0.2, 0.25) is 0 Å². The Labute approximate surface area is 337 Å². The number of hydrogen-bond donors (Lipinski definition) is 4. The second kappa shape index (κ2) is 21.2. The van der Waals surface area contributed by atoms with Gasteiger partial charge >= 0.3 is 31.8 Å². The summed E-state index contributed by atoms with van der Waals surface area (Å²) < 4.78 is 78.4. The van der Waals surface area contributed by atoms with Crippen molar-refractivity contribution in [1.82, 2.24) is 19.7 Å². The van der Waals surface area contributed by atoms with Crippen LogP contribution in [0.4, 0.5) is 13.2 Å². The number of benzene rings is 2. The van der Waals surface area contributed by atoms with Gasteiger partial charge in [-0.05, 0) is 56.2 Å². The first-order chi connectivity index (χ1) is 26.3. The molecule has 57 heavy (non-hydrogen) atoms. The third-order valence-corrected chi connectivity index (χ3v) is 10.2. The zero-order chi connectivity index (χ0) is 43.6. The van der Waals surface area contributed by atoms with Crippen LogP contribution in [0.15, 0.2) is 40.0 Å². The molecule has 1 aliphatic rings. The van der Waals surface area contributed by atoms with Crippen LogP contribution in [0.5, 0.6) is 0 Å². The van der Waals surface area contributed by atoms with E-state index in [9.17, 15) is 54.9 Å². The van der Waals surface area contributed by atoms with Gasteiger partial charge in [0.05, 0.1) is 29.4 Å². The number of hydrogen-bond acceptors (Lipinski definition) is 12. The number of sulfone groups is 1. The number of aromatic nitrogens is 3. The van der Waals surface area contributed by atoms with Crippen LogP contribution in [0.3, 0.4) is 0 Å². The van der Waals surface area contributed by atoms with E-state index in [-0.39, 0.29) is 68.0 Å². The molecule has 4 N–H and O–H groups in total. The SMILES string of the molecule is CCOC(=O)C(Cl)Cc1cc(-n2nc(C)n(C(F)F)c2=O)c(F)cc1Cl.CS(=O)(=O)c1ccc(C(=O)C2C(=O)CCCC2=O)c(Cl)c1.O=C(O)CNCP(=O)(O)O. The van der Waals surface area contributed by atoms with E-state index in [1.165, 1.54) is 19.1 Å². The molecule has 4 rings (SSSR count). The summed E-state index contributed by atoms with van der Waals surface area (Å²) in [6, 6.07) is 5.67. The van der Waals surface area contributed by atoms with Gasteiger partial charge in [-0.3, -0.25) is 33.9 Å². The van der Waals surface area contributed by atoms with Crippen LogP contribution in [0, 0.1) is 18.7 Å². The molecule has 0 aliphatic heterocycles. The van der Waals surface area contributed by atoms with Gasteiger partial charge in [0.1, 0.15) is 22.8 Å². The van der Waals surface area contributed by atoms with E-state index in [0.29, 0.717) is 11.1 Å². The molecular weight excluding hydrogens is 875 g/mol. The molecule has 2 aromatic carbocycles. The first-order valence-electron chi connectivity index (χ1n) is 16.1. The van der Waals surface area contributed by atoms with Crippen LogP contribution in [0.25, 0.3) is 5.69 Å². The highest BCUT2D eigenvalue weighted by Gasteiger charge is 2.37. The highest BCUT2D eigenvalue weighted by atomic mass is 35.5. The van der Waals surface area contributed by atoms with Gasteiger partial charge in [0.15, 0.2) is 33.0 Å². The first kappa shape index (κ1) is 49.2. The molecule has 1 heterocycles. The van der Waals surface area contributed by atoms with Crippen molar-refractivity contribution in [2.75, 3.05) is 25.7 Å². The minimum Gasteiger partial charge on any atom is -0.480 e. The lowest BCUT2D eigenvalue weighted by Gasteiger charge is -2.18. The number of aliphatic carboxylic acids is 1. The van der Waals surface area contributed by atoms with Gasteiger partial charge in [-0.1, -0.05) is 23.2 Å². The van der Waals surface area contributed by atoms with E-state index >= 15 is 0 Å². The van der Waals surface area contributed by atoms with E-state index in [1.54, 1.807) is 6.92 Å². The van der Waals surface area contributed by atoms with E-state index in [4.69, 9.17) is 54.4 Å². The number of Topliss-reactive ketones (excluding diaryl/α,β-unsaturated/α-hetero) is 3. The van der Waals surface area contributed by atoms with Gasteiger partial charge < -0.3 is 19.6 Å². The number of aryl methyl sites for hydroxylation is 1. The van der Waals surface area contributed by atoms with Crippen molar-refractivity contribution >= 4 is 81.5 Å². The van der Waals surface area contributed by atoms with Crippen molar-refractivity contribution in [3.8, 4) is 5.69 Å². The van der Waals surface area contributed by atoms with Crippen LogP contribution in [0.2, 0.25) is 10.0 Å². The quantitative estimate of drug-likeness (QED) is 0.0624. The number of ketones is 3. The fourth-order valence-electron chi connectivity index (χ4n) is 4.85. The molecule has 0 bridgehead atoms. The van der Waals surface area contributed by atoms with Gasteiger partial charge in [-0.15, -0.1) is 16.7 Å². The minimum atomic E-state index is -4.10. The molecule has 1 atom stereocenters. The number of carbonyl (C=O) groups excluding carboxylic acids is 4. The Hall–Kier alpha value is -3.95. The lowest BCUT2D eigenvalue weighted by molar-refractivity contribution is -0.142. The molecule has 0 amide bonds. The van der Waals surface area contributed by atoms with Crippen LogP contribution in [-0.4, -0.2) is 98.0 Å². The Balaban J connectivity index is 0.000000324. The van der Waals surface area contributed by atoms with Gasteiger partial charge in [-0.25, -0.2) is 22.2 Å². The molecule has 0 spiro atoms. The predicted octanol–water partition coefficient (Wildman–Crippen LogP) is 3.90. The summed E-state index contributed by atoms with van der Waals surface area (Å²) in [4.78, 5) is 85.7. The number of esters is 1. The van der Waals surface area contributed by atoms with Gasteiger partial charge in [0, 0.05) is 36.1 Å². The standard InChI is InChI=1S/C15H14Cl2F3N3O3.C14H13ClO5S.C3H8NO5P/c1-3-26-13(24)10(17)4-8-5-12(11(18)6-9(8)16)23-15(25)22(14(19)20)7(2)21-23;1-21(19,20)8-5-6-9(10(15)7-8)14(18)13-11(16)3-2-4-12(13)17;5-3(6)1-4-2-10(7,8)9/h5-6,10,14H,3-4H2,1-2H3;5-7,13H,2-4H2,1H3;4H,1-2H2,(H,5,6)(H2,7,8,9). The van der Waals surface area contributed by atoms with Gasteiger partial charge in [0.25, 0.3) is 0 Å². The number of ether oxygens (including phenoxy) is 1. The number of rotatable bonds is 13. The Morgan fingerprint density at radius 1 is 1.07 bits per heavy atom. The maximum atomic E-state index is 14.2. The lowest BCUT2D eigenvalue weighted by Crippen LogP contribution is -2.35. The molecule has 1 fully saturated rings. The molecule has 3 aromatic rings. The minimum absolute atomic E-state index is 0.00216. The van der Waals surface area contributed by atoms with Crippen molar-refractivity contribution in [1.29, 1.82) is 0 Å². The molecule has 1 aliphatic carbocycles. The van der Waals surface area contributed by atoms with E-state index in [1.807, 2.05) is 0 Å². The Morgan fingerprint density at radius 2 is 1.67 bits per heavy atom. The normalized spacial score (nSPS) is 14.0. The van der Waals surface area contributed by atoms with Crippen molar-refractivity contribution in [3.05, 3.63) is 73.6 Å². The summed E-state index contributed by atoms with van der Waals surface area (Å²) in [6.45, 7) is -0.635. The second-order valence-electron chi connectivity index (χ2n) is 11.8. The maximum absolute atomic E-state index is 14.2. The first-order valence-corrected chi connectivity index (χ1v) is 21.0. The topological polar surface area (TPSA) is 258 Å². The summed E-state index contributed by atoms with van der Waals surface area (Å²) in [7, 11) is -7.54. The molecule has 0 saturated heterocycles. The fourth-order valence-corrected chi connectivity index (χ4v) is 6.70. The van der Waals surface area contributed by atoms with Crippen molar-refractivity contribution in [3.63, 3.8) is 0 Å². The molecule has 0 radical (unpaired) electrons. The summed E-state index contributed by atoms with van der Waals surface area (Å²) in [5, 5.41) is 12.5. The number of alkyl halides is 3. The summed E-state index contributed by atoms with van der Waals surface area (Å²) in [5.74, 6) is -5.83. The van der Waals surface area contributed by atoms with Crippen molar-refractivity contribution < 1.29 is 69.8 Å². The van der Waals surface area contributed by atoms with Crippen molar-refractivity contribution in [2.24, 2.45) is 5.92 Å². The van der Waals surface area contributed by atoms with E-state index in [2.05, 4.69) is 10.4 Å². The Morgan fingerprint density at radius 3 is 2.14 bits per heavy atom. The average Bonchev–Trinajstić information content (AvgIpc) is 3.38. The Kier molecular flexibility index (Phi) is 18.3. The number of nitrogens with zero attached hydrogens (tertiary/aromatic N) is 3. The third-order valence-electron chi connectivity index (χ3n) is 7.44. The van der Waals surface area contributed by atoms with Crippen molar-refractivity contribution in [2.45, 2.75) is 56.4 Å². The van der Waals surface area contributed by atoms with Crippen LogP contribution in [0.1, 0.15) is 54.5 Å². The zero-order valence-corrected chi connectivity index (χ0v) is 33.9. The number of carboxylic acids is 1. The summed E-state index contributed by atoms with van der Waals surface area (Å²) >= 11 is 17.8.